The second-order valence-corrected chi connectivity index (χ2v) is 13.4. The molecule has 5 heteroatoms. The number of benzene rings is 1. The fourth-order valence-corrected chi connectivity index (χ4v) is 8.57. The molecule has 2 N–H and O–H groups in total. The molecule has 0 radical (unpaired) electrons. The lowest BCUT2D eigenvalue weighted by atomic mass is 9.48. The maximum absolute atomic E-state index is 13.8. The Morgan fingerprint density at radius 1 is 1.03 bits per heavy atom. The van der Waals surface area contributed by atoms with E-state index in [2.05, 4.69) is 68.3 Å². The molecule has 4 aliphatic carbocycles. The number of nitrogens with one attached hydrogen (secondary N) is 1. The van der Waals surface area contributed by atoms with Gasteiger partial charge in [-0.2, -0.15) is 0 Å². The monoisotopic (exact) mass is 504 g/mol. The minimum atomic E-state index is -0.775. The van der Waals surface area contributed by atoms with E-state index in [1.807, 2.05) is 20.2 Å². The van der Waals surface area contributed by atoms with E-state index in [0.717, 1.165) is 49.8 Å². The van der Waals surface area contributed by atoms with E-state index in [0.29, 0.717) is 29.7 Å². The van der Waals surface area contributed by atoms with Gasteiger partial charge in [-0.3, -0.25) is 4.79 Å². The van der Waals surface area contributed by atoms with Gasteiger partial charge in [-0.15, -0.1) is 0 Å². The van der Waals surface area contributed by atoms with Crippen LogP contribution < -0.4 is 10.2 Å². The molecule has 1 aromatic rings. The molecule has 2 fully saturated rings. The van der Waals surface area contributed by atoms with Crippen LogP contribution in [0.15, 0.2) is 47.6 Å². The van der Waals surface area contributed by atoms with Crippen LogP contribution >= 0.6 is 0 Å². The van der Waals surface area contributed by atoms with E-state index in [1.165, 1.54) is 5.57 Å². The van der Waals surface area contributed by atoms with Gasteiger partial charge in [0.2, 0.25) is 5.91 Å². The lowest BCUT2D eigenvalue weighted by Crippen LogP contribution is -2.52. The molecule has 0 bridgehead atoms. The van der Waals surface area contributed by atoms with Crippen LogP contribution in [0, 0.1) is 34.5 Å². The number of carboxylic acid groups (broad SMARTS) is 1. The third kappa shape index (κ3) is 4.23. The molecule has 1 aromatic carbocycles. The first kappa shape index (κ1) is 26.1. The van der Waals surface area contributed by atoms with Crippen LogP contribution in [0.25, 0.3) is 0 Å². The van der Waals surface area contributed by atoms with Gasteiger partial charge in [-0.05, 0) is 117 Å². The van der Waals surface area contributed by atoms with Crippen molar-refractivity contribution in [2.24, 2.45) is 34.5 Å². The zero-order chi connectivity index (χ0) is 26.8. The molecule has 4 aliphatic rings. The van der Waals surface area contributed by atoms with Crippen LogP contribution in [-0.2, 0) is 15.1 Å². The van der Waals surface area contributed by atoms with Gasteiger partial charge in [0.25, 0.3) is 0 Å². The Kier molecular flexibility index (Phi) is 6.36. The van der Waals surface area contributed by atoms with Crippen LogP contribution in [-0.4, -0.2) is 31.1 Å². The minimum absolute atomic E-state index is 0.0224. The number of amides is 1. The smallest absolute Gasteiger partial charge is 0.331 e. The lowest BCUT2D eigenvalue weighted by molar-refractivity contribution is -0.133. The number of carbonyl (C=O) groups is 2. The van der Waals surface area contributed by atoms with Gasteiger partial charge in [0, 0.05) is 31.3 Å². The minimum Gasteiger partial charge on any atom is -0.478 e. The Hall–Kier alpha value is -2.56. The quantitative estimate of drug-likeness (QED) is 0.493. The number of anilines is 1. The average Bonchev–Trinajstić information content (AvgIpc) is 3.20. The molecule has 5 rings (SSSR count). The Labute approximate surface area is 222 Å². The van der Waals surface area contributed by atoms with E-state index >= 15 is 0 Å². The third-order valence-corrected chi connectivity index (χ3v) is 10.9. The molecular formula is C32H44N2O3. The van der Waals surface area contributed by atoms with Crippen LogP contribution in [0.4, 0.5) is 5.69 Å². The Bertz CT molecular complexity index is 1150. The van der Waals surface area contributed by atoms with Crippen LogP contribution in [0.5, 0.6) is 0 Å². The van der Waals surface area contributed by atoms with E-state index in [9.17, 15) is 14.7 Å². The molecule has 1 amide bonds. The van der Waals surface area contributed by atoms with Gasteiger partial charge in [0.05, 0.1) is 5.54 Å². The maximum Gasteiger partial charge on any atom is 0.331 e. The standard InChI is InChI=1S/C32H44N2O3/c1-30(2,21-7-10-23(11-8-21)34(5)6)33-28(35)27-14-13-25-24-12-9-22-19-20(29(36)37)15-17-31(22,3)26(24)16-18-32(25,27)4/h7-11,19,24-27H,12-18H2,1-6H3,(H,33,35)(H,36,37)/t24-,25-,26-,27?,31-,32-/m0/s1. The van der Waals surface area contributed by atoms with Crippen molar-refractivity contribution < 1.29 is 14.7 Å². The molecule has 37 heavy (non-hydrogen) atoms. The van der Waals surface area contributed by atoms with Crippen molar-refractivity contribution in [2.45, 2.75) is 78.2 Å². The Balaban J connectivity index is 1.34. The van der Waals surface area contributed by atoms with Crippen molar-refractivity contribution in [3.63, 3.8) is 0 Å². The van der Waals surface area contributed by atoms with Crippen molar-refractivity contribution in [3.05, 3.63) is 53.1 Å². The topological polar surface area (TPSA) is 69.6 Å². The summed E-state index contributed by atoms with van der Waals surface area (Å²) < 4.78 is 0. The number of nitrogens with zero attached hydrogens (tertiary/aromatic N) is 1. The summed E-state index contributed by atoms with van der Waals surface area (Å²) >= 11 is 0. The van der Waals surface area contributed by atoms with Gasteiger partial charge in [0.1, 0.15) is 0 Å². The highest BCUT2D eigenvalue weighted by molar-refractivity contribution is 5.87. The number of rotatable bonds is 5. The predicted octanol–water partition coefficient (Wildman–Crippen LogP) is 6.30. The maximum atomic E-state index is 13.8. The zero-order valence-corrected chi connectivity index (χ0v) is 23.4. The summed E-state index contributed by atoms with van der Waals surface area (Å²) in [5.41, 5.74) is 3.73. The molecule has 0 heterocycles. The van der Waals surface area contributed by atoms with Gasteiger partial charge < -0.3 is 15.3 Å². The van der Waals surface area contributed by atoms with Gasteiger partial charge in [0.15, 0.2) is 0 Å². The van der Waals surface area contributed by atoms with Crippen molar-refractivity contribution in [1.82, 2.24) is 5.32 Å². The first-order valence-electron chi connectivity index (χ1n) is 14.1. The fraction of sp³-hybridized carbons (Fsp3) is 0.625. The molecule has 2 saturated carbocycles. The first-order chi connectivity index (χ1) is 17.4. The summed E-state index contributed by atoms with van der Waals surface area (Å²) in [5, 5.41) is 13.0. The first-order valence-corrected chi connectivity index (χ1v) is 14.1. The highest BCUT2D eigenvalue weighted by Gasteiger charge is 2.59. The summed E-state index contributed by atoms with van der Waals surface area (Å²) in [6.45, 7) is 8.97. The molecule has 1 unspecified atom stereocenters. The molecular weight excluding hydrogens is 460 g/mol. The zero-order valence-electron chi connectivity index (χ0n) is 23.4. The Morgan fingerprint density at radius 2 is 1.73 bits per heavy atom. The van der Waals surface area contributed by atoms with Crippen LogP contribution in [0.1, 0.15) is 78.2 Å². The fourth-order valence-electron chi connectivity index (χ4n) is 8.57. The van der Waals surface area contributed by atoms with Gasteiger partial charge >= 0.3 is 5.97 Å². The van der Waals surface area contributed by atoms with E-state index in [4.69, 9.17) is 0 Å². The van der Waals surface area contributed by atoms with E-state index < -0.39 is 11.5 Å². The summed E-state index contributed by atoms with van der Waals surface area (Å²) in [5.74, 6) is 1.17. The van der Waals surface area contributed by atoms with E-state index in [-0.39, 0.29) is 22.7 Å². The van der Waals surface area contributed by atoms with Crippen molar-refractivity contribution >= 4 is 17.6 Å². The summed E-state index contributed by atoms with van der Waals surface area (Å²) in [7, 11) is 4.07. The molecule has 0 spiro atoms. The van der Waals surface area contributed by atoms with Crippen LogP contribution in [0.2, 0.25) is 0 Å². The molecule has 0 saturated heterocycles. The number of hydrogen-bond donors (Lipinski definition) is 2. The predicted molar refractivity (Wildman–Crippen MR) is 148 cm³/mol. The average molecular weight is 505 g/mol. The number of allylic oxidation sites excluding steroid dienone is 3. The highest BCUT2D eigenvalue weighted by atomic mass is 16.4. The summed E-state index contributed by atoms with van der Waals surface area (Å²) in [4.78, 5) is 27.5. The van der Waals surface area contributed by atoms with E-state index in [1.54, 1.807) is 0 Å². The largest absolute Gasteiger partial charge is 0.478 e. The highest BCUT2D eigenvalue weighted by Crippen LogP contribution is 2.66. The number of hydrogen-bond acceptors (Lipinski definition) is 3. The number of fused-ring (bicyclic) bond motifs is 5. The van der Waals surface area contributed by atoms with Crippen molar-refractivity contribution in [2.75, 3.05) is 19.0 Å². The second-order valence-electron chi connectivity index (χ2n) is 13.4. The third-order valence-electron chi connectivity index (χ3n) is 10.9. The molecule has 0 aliphatic heterocycles. The van der Waals surface area contributed by atoms with Crippen LogP contribution in [0.3, 0.4) is 0 Å². The molecule has 6 atom stereocenters. The van der Waals surface area contributed by atoms with Crippen molar-refractivity contribution in [3.8, 4) is 0 Å². The summed E-state index contributed by atoms with van der Waals surface area (Å²) in [6, 6.07) is 8.48. The Morgan fingerprint density at radius 3 is 2.38 bits per heavy atom. The van der Waals surface area contributed by atoms with Crippen molar-refractivity contribution in [1.29, 1.82) is 0 Å². The SMILES string of the molecule is CN(C)c1ccc(C(C)(C)NC(=O)C2CC[C@H]3[C@@H]4CC=C5C=C(C(=O)O)CC[C@]5(C)[C@H]4CC[C@]23C)cc1. The summed E-state index contributed by atoms with van der Waals surface area (Å²) in [6.07, 6.45) is 11.2. The molecule has 0 aromatic heterocycles. The molecule has 5 nitrogen and oxygen atoms in total. The number of aliphatic carboxylic acids is 1. The number of carbonyl (C=O) groups excluding carboxylic acids is 1. The van der Waals surface area contributed by atoms with Gasteiger partial charge in [-0.25, -0.2) is 4.79 Å². The molecule has 200 valence electrons. The second kappa shape index (κ2) is 9.03. The normalized spacial score (nSPS) is 34.9. The number of carboxylic acids is 1. The lowest BCUT2D eigenvalue weighted by Gasteiger charge is -2.57. The van der Waals surface area contributed by atoms with Gasteiger partial charge in [-0.1, -0.05) is 32.1 Å².